The van der Waals surface area contributed by atoms with Gasteiger partial charge in [0.25, 0.3) is 0 Å². The van der Waals surface area contributed by atoms with Gasteiger partial charge in [-0.2, -0.15) is 0 Å². The summed E-state index contributed by atoms with van der Waals surface area (Å²) in [7, 11) is 0. The topological polar surface area (TPSA) is 17.1 Å². The van der Waals surface area contributed by atoms with Gasteiger partial charge in [0.2, 0.25) is 0 Å². The van der Waals surface area contributed by atoms with Crippen molar-refractivity contribution in [1.82, 2.24) is 0 Å². The Hall–Kier alpha value is -0.850. The van der Waals surface area contributed by atoms with E-state index in [2.05, 4.69) is 33.4 Å². The van der Waals surface area contributed by atoms with Gasteiger partial charge in [0.05, 0.1) is 0 Å². The van der Waals surface area contributed by atoms with Crippen molar-refractivity contribution in [3.05, 3.63) is 23.8 Å². The largest absolute Gasteiger partial charge is 0.299 e. The van der Waals surface area contributed by atoms with Crippen LogP contribution in [0, 0.1) is 11.8 Å². The van der Waals surface area contributed by atoms with Crippen molar-refractivity contribution in [3.8, 4) is 0 Å². The highest BCUT2D eigenvalue weighted by Gasteiger charge is 2.22. The van der Waals surface area contributed by atoms with E-state index in [1.807, 2.05) is 0 Å². The number of carbonyl (C=O) groups excluding carboxylic acids is 1. The number of allylic oxidation sites excluding steroid dienone is 3. The minimum Gasteiger partial charge on any atom is -0.299 e. The molecule has 0 amide bonds. The van der Waals surface area contributed by atoms with Crippen LogP contribution in [0.25, 0.3) is 0 Å². The van der Waals surface area contributed by atoms with Crippen LogP contribution in [-0.4, -0.2) is 5.78 Å². The number of rotatable bonds is 1. The van der Waals surface area contributed by atoms with Gasteiger partial charge in [-0.25, -0.2) is 0 Å². The Morgan fingerprint density at radius 3 is 2.69 bits per heavy atom. The third-order valence-corrected chi connectivity index (χ3v) is 3.48. The molecule has 90 valence electrons. The predicted octanol–water partition coefficient (Wildman–Crippen LogP) is 4.29. The highest BCUT2D eigenvalue weighted by Crippen LogP contribution is 2.26. The van der Waals surface area contributed by atoms with Gasteiger partial charge in [-0.3, -0.25) is 4.79 Å². The molecule has 1 nitrogen and oxygen atoms in total. The van der Waals surface area contributed by atoms with Crippen LogP contribution in [0.2, 0.25) is 0 Å². The Labute approximate surface area is 99.6 Å². The molecule has 16 heavy (non-hydrogen) atoms. The molecule has 0 spiro atoms. The lowest BCUT2D eigenvalue weighted by molar-refractivity contribution is -0.123. The van der Waals surface area contributed by atoms with Crippen LogP contribution in [0.5, 0.6) is 0 Å². The van der Waals surface area contributed by atoms with Crippen LogP contribution in [-0.2, 0) is 4.79 Å². The van der Waals surface area contributed by atoms with Crippen molar-refractivity contribution in [3.63, 3.8) is 0 Å². The van der Waals surface area contributed by atoms with E-state index in [9.17, 15) is 4.79 Å². The van der Waals surface area contributed by atoms with E-state index < -0.39 is 0 Å². The second-order valence-electron chi connectivity index (χ2n) is 5.37. The Kier molecular flexibility index (Phi) is 4.98. The van der Waals surface area contributed by atoms with Gasteiger partial charge in [-0.15, -0.1) is 0 Å². The number of hydrogen-bond donors (Lipinski definition) is 0. The highest BCUT2D eigenvalue weighted by molar-refractivity contribution is 5.83. The molecule has 0 saturated carbocycles. The van der Waals surface area contributed by atoms with E-state index in [4.69, 9.17) is 0 Å². The normalized spacial score (nSPS) is 27.8. The van der Waals surface area contributed by atoms with Crippen molar-refractivity contribution in [2.75, 3.05) is 0 Å². The molecule has 1 atom stereocenters. The first kappa shape index (κ1) is 13.2. The standard InChI is InChI=1S/C15H24O/c1-11(2)14-9-8-12(3)6-5-7-13(4)10-15(14)16/h6,11,14H,4-5,7-10H2,1-3H3/b12-6+. The molecule has 0 aromatic heterocycles. The Balaban J connectivity index is 2.78. The summed E-state index contributed by atoms with van der Waals surface area (Å²) in [5.74, 6) is 1.07. The van der Waals surface area contributed by atoms with Crippen LogP contribution in [0.4, 0.5) is 0 Å². The van der Waals surface area contributed by atoms with Crippen molar-refractivity contribution < 1.29 is 4.79 Å². The minimum absolute atomic E-state index is 0.221. The zero-order valence-corrected chi connectivity index (χ0v) is 10.9. The van der Waals surface area contributed by atoms with Crippen LogP contribution < -0.4 is 0 Å². The molecule has 0 N–H and O–H groups in total. The van der Waals surface area contributed by atoms with Crippen LogP contribution in [0.15, 0.2) is 23.8 Å². The van der Waals surface area contributed by atoms with Crippen molar-refractivity contribution in [2.24, 2.45) is 11.8 Å². The molecule has 1 unspecified atom stereocenters. The summed E-state index contributed by atoms with van der Waals surface area (Å²) in [6.07, 6.45) is 6.99. The third-order valence-electron chi connectivity index (χ3n) is 3.48. The predicted molar refractivity (Wildman–Crippen MR) is 69.3 cm³/mol. The first-order valence-corrected chi connectivity index (χ1v) is 6.35. The minimum atomic E-state index is 0.221. The van der Waals surface area contributed by atoms with Gasteiger partial charge in [-0.1, -0.05) is 37.6 Å². The van der Waals surface area contributed by atoms with Crippen molar-refractivity contribution in [2.45, 2.75) is 52.9 Å². The zero-order valence-electron chi connectivity index (χ0n) is 10.9. The molecular formula is C15H24O. The highest BCUT2D eigenvalue weighted by atomic mass is 16.1. The summed E-state index contributed by atoms with van der Waals surface area (Å²) in [6, 6.07) is 0. The summed E-state index contributed by atoms with van der Waals surface area (Å²) in [5, 5.41) is 0. The SMILES string of the molecule is C=C1CC/C=C(\C)CCC(C(C)C)C(=O)C1. The van der Waals surface area contributed by atoms with Crippen LogP contribution in [0.1, 0.15) is 52.9 Å². The summed E-state index contributed by atoms with van der Waals surface area (Å²) in [6.45, 7) is 10.5. The van der Waals surface area contributed by atoms with E-state index >= 15 is 0 Å². The molecule has 1 heteroatoms. The lowest BCUT2D eigenvalue weighted by Gasteiger charge is -2.21. The van der Waals surface area contributed by atoms with Crippen molar-refractivity contribution in [1.29, 1.82) is 0 Å². The summed E-state index contributed by atoms with van der Waals surface area (Å²) < 4.78 is 0. The second-order valence-corrected chi connectivity index (χ2v) is 5.37. The van der Waals surface area contributed by atoms with E-state index in [1.165, 1.54) is 5.57 Å². The van der Waals surface area contributed by atoms with E-state index in [0.29, 0.717) is 18.1 Å². The van der Waals surface area contributed by atoms with Gasteiger partial charge in [0.15, 0.2) is 0 Å². The maximum atomic E-state index is 12.1. The van der Waals surface area contributed by atoms with Gasteiger partial charge in [0.1, 0.15) is 5.78 Å². The molecule has 1 aliphatic carbocycles. The van der Waals surface area contributed by atoms with E-state index in [-0.39, 0.29) is 5.92 Å². The molecule has 0 aliphatic heterocycles. The fourth-order valence-corrected chi connectivity index (χ4v) is 2.34. The second kappa shape index (κ2) is 6.03. The molecule has 0 aromatic rings. The third kappa shape index (κ3) is 3.96. The smallest absolute Gasteiger partial charge is 0.140 e. The zero-order chi connectivity index (χ0) is 12.1. The monoisotopic (exact) mass is 220 g/mol. The van der Waals surface area contributed by atoms with Gasteiger partial charge in [0, 0.05) is 12.3 Å². The van der Waals surface area contributed by atoms with Gasteiger partial charge in [-0.05, 0) is 38.5 Å². The molecule has 0 saturated heterocycles. The Morgan fingerprint density at radius 1 is 1.38 bits per heavy atom. The average Bonchev–Trinajstić information content (AvgIpc) is 2.16. The molecular weight excluding hydrogens is 196 g/mol. The molecule has 1 aliphatic rings. The lowest BCUT2D eigenvalue weighted by Crippen LogP contribution is -2.21. The molecule has 0 fully saturated rings. The number of hydrogen-bond acceptors (Lipinski definition) is 1. The first-order valence-electron chi connectivity index (χ1n) is 6.35. The Morgan fingerprint density at radius 2 is 2.06 bits per heavy atom. The van der Waals surface area contributed by atoms with Crippen LogP contribution in [0.3, 0.4) is 0 Å². The van der Waals surface area contributed by atoms with Gasteiger partial charge < -0.3 is 0 Å². The summed E-state index contributed by atoms with van der Waals surface area (Å²) in [4.78, 5) is 12.1. The van der Waals surface area contributed by atoms with Crippen molar-refractivity contribution >= 4 is 5.78 Å². The van der Waals surface area contributed by atoms with E-state index in [1.54, 1.807) is 0 Å². The van der Waals surface area contributed by atoms with Crippen LogP contribution >= 0.6 is 0 Å². The maximum Gasteiger partial charge on any atom is 0.140 e. The number of ketones is 1. The lowest BCUT2D eigenvalue weighted by atomic mass is 9.83. The maximum absolute atomic E-state index is 12.1. The fraction of sp³-hybridized carbons (Fsp3) is 0.667. The first-order chi connectivity index (χ1) is 7.50. The molecule has 0 heterocycles. The summed E-state index contributed by atoms with van der Waals surface area (Å²) >= 11 is 0. The average molecular weight is 220 g/mol. The van der Waals surface area contributed by atoms with E-state index in [0.717, 1.165) is 31.3 Å². The quantitative estimate of drug-likeness (QED) is 0.602. The molecule has 0 bridgehead atoms. The Bertz CT molecular complexity index is 297. The number of Topliss-reactive ketones (excluding diaryl/α,β-unsaturated/α-hetero) is 1. The molecule has 0 aromatic carbocycles. The number of carbonyl (C=O) groups is 1. The summed E-state index contributed by atoms with van der Waals surface area (Å²) in [5.41, 5.74) is 2.52. The molecule has 1 rings (SSSR count). The molecule has 0 radical (unpaired) electrons. The fourth-order valence-electron chi connectivity index (χ4n) is 2.34. The van der Waals surface area contributed by atoms with Gasteiger partial charge >= 0.3 is 0 Å².